The van der Waals surface area contributed by atoms with Crippen molar-refractivity contribution in [2.75, 3.05) is 18.0 Å². The van der Waals surface area contributed by atoms with Crippen LogP contribution in [0.2, 0.25) is 0 Å². The van der Waals surface area contributed by atoms with Crippen LogP contribution >= 0.6 is 0 Å². The first-order chi connectivity index (χ1) is 14.0. The summed E-state index contributed by atoms with van der Waals surface area (Å²) in [5, 5.41) is 3.03. The van der Waals surface area contributed by atoms with Crippen molar-refractivity contribution in [3.05, 3.63) is 29.8 Å². The Morgan fingerprint density at radius 1 is 1.17 bits per heavy atom. The number of carbonyl (C=O) groups is 3. The molecule has 1 aliphatic carbocycles. The quantitative estimate of drug-likeness (QED) is 0.799. The Morgan fingerprint density at radius 2 is 1.93 bits per heavy atom. The summed E-state index contributed by atoms with van der Waals surface area (Å²) in [6, 6.07) is 7.27. The second-order valence-corrected chi connectivity index (χ2v) is 8.81. The van der Waals surface area contributed by atoms with Gasteiger partial charge in [-0.1, -0.05) is 44.2 Å². The lowest BCUT2D eigenvalue weighted by Crippen LogP contribution is -2.62. The number of carbonyl (C=O) groups excluding carboxylic acids is 3. The number of nitrogens with zero attached hydrogens (tertiary/aromatic N) is 2. The second-order valence-electron chi connectivity index (χ2n) is 8.81. The van der Waals surface area contributed by atoms with Gasteiger partial charge < -0.3 is 10.2 Å². The highest BCUT2D eigenvalue weighted by Gasteiger charge is 2.52. The van der Waals surface area contributed by atoms with E-state index in [0.29, 0.717) is 37.2 Å². The van der Waals surface area contributed by atoms with Crippen molar-refractivity contribution in [1.82, 2.24) is 10.2 Å². The molecule has 0 bridgehead atoms. The third kappa shape index (κ3) is 3.77. The van der Waals surface area contributed by atoms with E-state index in [0.717, 1.165) is 12.3 Å². The van der Waals surface area contributed by atoms with E-state index in [1.54, 1.807) is 15.9 Å². The monoisotopic (exact) mass is 397 g/mol. The van der Waals surface area contributed by atoms with Gasteiger partial charge in [-0.2, -0.15) is 0 Å². The zero-order chi connectivity index (χ0) is 20.4. The molecule has 156 valence electrons. The Hall–Kier alpha value is -2.37. The van der Waals surface area contributed by atoms with Gasteiger partial charge in [0, 0.05) is 25.9 Å². The summed E-state index contributed by atoms with van der Waals surface area (Å²) in [6.07, 6.45) is 8.83. The predicted octanol–water partition coefficient (Wildman–Crippen LogP) is 3.46. The van der Waals surface area contributed by atoms with Crippen LogP contribution in [-0.2, 0) is 9.59 Å². The first-order valence-electron chi connectivity index (χ1n) is 11.0. The van der Waals surface area contributed by atoms with Gasteiger partial charge in [0.25, 0.3) is 5.91 Å². The maximum Gasteiger partial charge on any atom is 0.257 e. The first-order valence-corrected chi connectivity index (χ1v) is 11.0. The minimum Gasteiger partial charge on any atom is -0.356 e. The molecule has 0 radical (unpaired) electrons. The van der Waals surface area contributed by atoms with Gasteiger partial charge in [-0.05, 0) is 37.8 Å². The van der Waals surface area contributed by atoms with Crippen LogP contribution in [0.15, 0.2) is 24.3 Å². The molecule has 2 fully saturated rings. The molecule has 6 heteroatoms. The molecule has 4 rings (SSSR count). The van der Waals surface area contributed by atoms with Crippen molar-refractivity contribution >= 4 is 23.4 Å². The fourth-order valence-electron chi connectivity index (χ4n) is 5.23. The van der Waals surface area contributed by atoms with E-state index >= 15 is 0 Å². The van der Waals surface area contributed by atoms with Crippen molar-refractivity contribution in [1.29, 1.82) is 0 Å². The summed E-state index contributed by atoms with van der Waals surface area (Å²) in [4.78, 5) is 41.6. The number of rotatable bonds is 6. The molecule has 3 aliphatic rings. The summed E-state index contributed by atoms with van der Waals surface area (Å²) < 4.78 is 0. The van der Waals surface area contributed by atoms with Crippen molar-refractivity contribution in [3.63, 3.8) is 0 Å². The summed E-state index contributed by atoms with van der Waals surface area (Å²) >= 11 is 0. The SMILES string of the molecule is CC12CCC(=O)N1c1ccccc1C(=O)N2CCC(=O)NCCC1CCCCC1. The van der Waals surface area contributed by atoms with Gasteiger partial charge in [-0.3, -0.25) is 19.3 Å². The Morgan fingerprint density at radius 3 is 2.72 bits per heavy atom. The lowest BCUT2D eigenvalue weighted by molar-refractivity contribution is -0.121. The average molecular weight is 398 g/mol. The Balaban J connectivity index is 1.38. The molecule has 0 spiro atoms. The minimum atomic E-state index is -0.690. The molecule has 1 unspecified atom stereocenters. The number of anilines is 1. The molecule has 29 heavy (non-hydrogen) atoms. The van der Waals surface area contributed by atoms with Gasteiger partial charge in [0.1, 0.15) is 5.66 Å². The van der Waals surface area contributed by atoms with Gasteiger partial charge in [-0.25, -0.2) is 0 Å². The van der Waals surface area contributed by atoms with E-state index in [2.05, 4.69) is 5.32 Å². The second kappa shape index (κ2) is 8.17. The van der Waals surface area contributed by atoms with Gasteiger partial charge >= 0.3 is 0 Å². The highest BCUT2D eigenvalue weighted by atomic mass is 16.2. The predicted molar refractivity (Wildman–Crippen MR) is 111 cm³/mol. The van der Waals surface area contributed by atoms with E-state index in [1.165, 1.54) is 32.1 Å². The van der Waals surface area contributed by atoms with Crippen molar-refractivity contribution in [2.45, 2.75) is 70.4 Å². The molecule has 2 heterocycles. The molecule has 1 saturated carbocycles. The summed E-state index contributed by atoms with van der Waals surface area (Å²) in [7, 11) is 0. The topological polar surface area (TPSA) is 69.7 Å². The average Bonchev–Trinajstić information content (AvgIpc) is 3.04. The summed E-state index contributed by atoms with van der Waals surface area (Å²) in [5.41, 5.74) is 0.541. The van der Waals surface area contributed by atoms with Crippen LogP contribution in [0.3, 0.4) is 0 Å². The minimum absolute atomic E-state index is 0.0214. The smallest absolute Gasteiger partial charge is 0.257 e. The van der Waals surface area contributed by atoms with Crippen LogP contribution in [-0.4, -0.2) is 41.4 Å². The number of hydrogen-bond donors (Lipinski definition) is 1. The van der Waals surface area contributed by atoms with Crippen molar-refractivity contribution in [2.24, 2.45) is 5.92 Å². The number of hydrogen-bond acceptors (Lipinski definition) is 3. The first kappa shape index (κ1) is 19.9. The number of benzene rings is 1. The largest absolute Gasteiger partial charge is 0.356 e. The number of nitrogens with one attached hydrogen (secondary N) is 1. The summed E-state index contributed by atoms with van der Waals surface area (Å²) in [6.45, 7) is 2.97. The number of amides is 3. The standard InChI is InChI=1S/C23H31N3O3/c1-23-14-11-21(28)26(23)19-10-6-5-9-18(19)22(29)25(23)16-13-20(27)24-15-12-17-7-3-2-4-8-17/h5-6,9-10,17H,2-4,7-8,11-16H2,1H3,(H,24,27). The normalized spacial score (nSPS) is 24.4. The van der Waals surface area contributed by atoms with Crippen LogP contribution in [0.1, 0.15) is 75.1 Å². The lowest BCUT2D eigenvalue weighted by Gasteiger charge is -2.48. The third-order valence-corrected chi connectivity index (χ3v) is 6.91. The van der Waals surface area contributed by atoms with Crippen LogP contribution in [0.5, 0.6) is 0 Å². The van der Waals surface area contributed by atoms with Gasteiger partial charge in [0.05, 0.1) is 11.3 Å². The molecule has 2 aliphatic heterocycles. The molecular weight excluding hydrogens is 366 g/mol. The van der Waals surface area contributed by atoms with Crippen LogP contribution in [0, 0.1) is 5.92 Å². The Bertz CT molecular complexity index is 802. The van der Waals surface area contributed by atoms with E-state index in [9.17, 15) is 14.4 Å². The van der Waals surface area contributed by atoms with Crippen LogP contribution in [0.4, 0.5) is 5.69 Å². The maximum absolute atomic E-state index is 13.2. The zero-order valence-electron chi connectivity index (χ0n) is 17.3. The van der Waals surface area contributed by atoms with Crippen LogP contribution < -0.4 is 10.2 Å². The number of fused-ring (bicyclic) bond motifs is 3. The molecule has 3 amide bonds. The maximum atomic E-state index is 13.2. The molecule has 1 aromatic rings. The van der Waals surface area contributed by atoms with Crippen LogP contribution in [0.25, 0.3) is 0 Å². The highest BCUT2D eigenvalue weighted by Crippen LogP contribution is 2.43. The fraction of sp³-hybridized carbons (Fsp3) is 0.609. The van der Waals surface area contributed by atoms with Gasteiger partial charge in [0.2, 0.25) is 11.8 Å². The number of para-hydroxylation sites is 1. The zero-order valence-corrected chi connectivity index (χ0v) is 17.3. The van der Waals surface area contributed by atoms with E-state index in [1.807, 2.05) is 25.1 Å². The highest BCUT2D eigenvalue weighted by molar-refractivity contribution is 6.10. The fourth-order valence-corrected chi connectivity index (χ4v) is 5.23. The molecule has 1 aromatic carbocycles. The van der Waals surface area contributed by atoms with E-state index in [4.69, 9.17) is 0 Å². The van der Waals surface area contributed by atoms with Gasteiger partial charge in [-0.15, -0.1) is 0 Å². The van der Waals surface area contributed by atoms with E-state index < -0.39 is 5.66 Å². The molecule has 1 saturated heterocycles. The molecular formula is C23H31N3O3. The summed E-state index contributed by atoms with van der Waals surface area (Å²) in [5.74, 6) is 0.659. The van der Waals surface area contributed by atoms with Crippen molar-refractivity contribution < 1.29 is 14.4 Å². The Kier molecular flexibility index (Phi) is 5.61. The molecule has 1 N–H and O–H groups in total. The third-order valence-electron chi connectivity index (χ3n) is 6.91. The Labute approximate surface area is 172 Å². The molecule has 6 nitrogen and oxygen atoms in total. The van der Waals surface area contributed by atoms with Gasteiger partial charge in [0.15, 0.2) is 0 Å². The van der Waals surface area contributed by atoms with E-state index in [-0.39, 0.29) is 24.1 Å². The molecule has 1 atom stereocenters. The van der Waals surface area contributed by atoms with Crippen molar-refractivity contribution in [3.8, 4) is 0 Å². The lowest BCUT2D eigenvalue weighted by atomic mass is 9.87. The molecule has 0 aromatic heterocycles.